The Balaban J connectivity index is 1.64. The van der Waals surface area contributed by atoms with Gasteiger partial charge in [0.1, 0.15) is 12.4 Å². The molecule has 0 heterocycles. The molecule has 0 spiro atoms. The van der Waals surface area contributed by atoms with E-state index in [9.17, 15) is 0 Å². The summed E-state index contributed by atoms with van der Waals surface area (Å²) in [6.07, 6.45) is 1.89. The molecule has 0 unspecified atom stereocenters. The number of hydrogen-bond donors (Lipinski definition) is 0. The van der Waals surface area contributed by atoms with E-state index in [1.54, 1.807) is 0 Å². The van der Waals surface area contributed by atoms with Gasteiger partial charge in [-0.25, -0.2) is 0 Å². The summed E-state index contributed by atoms with van der Waals surface area (Å²) in [5.41, 5.74) is 5.71. The highest BCUT2D eigenvalue weighted by molar-refractivity contribution is 5.82. The molecule has 0 aliphatic heterocycles. The minimum absolute atomic E-state index is 0.580. The molecular weight excluding hydrogens is 294 g/mol. The molecule has 0 amide bonds. The van der Waals surface area contributed by atoms with Gasteiger partial charge in [0.15, 0.2) is 0 Å². The maximum absolute atomic E-state index is 5.80. The Hall–Kier alpha value is -2.87. The molecule has 0 fully saturated rings. The second kappa shape index (κ2) is 7.60. The van der Waals surface area contributed by atoms with Gasteiger partial charge in [0.25, 0.3) is 0 Å². The third-order valence-electron chi connectivity index (χ3n) is 4.06. The number of aryl methyl sites for hydroxylation is 1. The van der Waals surface area contributed by atoms with E-state index in [4.69, 9.17) is 4.74 Å². The Bertz CT molecular complexity index is 820. The van der Waals surface area contributed by atoms with Crippen molar-refractivity contribution in [3.05, 3.63) is 95.1 Å². The molecule has 120 valence electrons. The lowest BCUT2D eigenvalue weighted by Crippen LogP contribution is -1.95. The van der Waals surface area contributed by atoms with E-state index >= 15 is 0 Å². The van der Waals surface area contributed by atoms with Gasteiger partial charge in [-0.2, -0.15) is 0 Å². The van der Waals surface area contributed by atoms with Gasteiger partial charge >= 0.3 is 0 Å². The van der Waals surface area contributed by atoms with Crippen LogP contribution in [0.4, 0.5) is 5.69 Å². The molecule has 0 bridgehead atoms. The van der Waals surface area contributed by atoms with Crippen LogP contribution < -0.4 is 4.74 Å². The molecule has 0 atom stereocenters. The molecule has 0 aliphatic rings. The number of benzene rings is 3. The van der Waals surface area contributed by atoms with Crippen LogP contribution in [0, 0.1) is 13.8 Å². The van der Waals surface area contributed by atoms with Gasteiger partial charge in [-0.15, -0.1) is 0 Å². The van der Waals surface area contributed by atoms with Crippen LogP contribution in [-0.2, 0) is 6.61 Å². The summed E-state index contributed by atoms with van der Waals surface area (Å²) in [6, 6.07) is 24.4. The molecule has 3 aromatic rings. The Morgan fingerprint density at radius 1 is 0.833 bits per heavy atom. The van der Waals surface area contributed by atoms with Crippen LogP contribution in [0.15, 0.2) is 77.8 Å². The van der Waals surface area contributed by atoms with Crippen molar-refractivity contribution >= 4 is 11.9 Å². The molecular formula is C22H21NO. The SMILES string of the molecule is Cc1cccc(N=Cc2ccc(OCc3ccccc3)cc2)c1C. The monoisotopic (exact) mass is 315 g/mol. The minimum Gasteiger partial charge on any atom is -0.489 e. The standard InChI is InChI=1S/C22H21NO/c1-17-7-6-10-22(18(17)2)23-15-19-11-13-21(14-12-19)24-16-20-8-4-3-5-9-20/h3-15H,16H2,1-2H3. The third kappa shape index (κ3) is 4.11. The molecule has 2 heteroatoms. The lowest BCUT2D eigenvalue weighted by Gasteiger charge is -2.06. The van der Waals surface area contributed by atoms with Crippen molar-refractivity contribution in [3.63, 3.8) is 0 Å². The summed E-state index contributed by atoms with van der Waals surface area (Å²) in [6.45, 7) is 4.78. The predicted octanol–water partition coefficient (Wildman–Crippen LogP) is 5.63. The van der Waals surface area contributed by atoms with Crippen LogP contribution in [0.25, 0.3) is 0 Å². The van der Waals surface area contributed by atoms with Crippen molar-refractivity contribution in [3.8, 4) is 5.75 Å². The number of nitrogens with zero attached hydrogens (tertiary/aromatic N) is 1. The first-order valence-corrected chi connectivity index (χ1v) is 8.09. The average molecular weight is 315 g/mol. The van der Waals surface area contributed by atoms with Gasteiger partial charge in [0.05, 0.1) is 5.69 Å². The molecule has 0 aromatic heterocycles. The predicted molar refractivity (Wildman–Crippen MR) is 100 cm³/mol. The van der Waals surface area contributed by atoms with Gasteiger partial charge in [-0.3, -0.25) is 4.99 Å². The van der Waals surface area contributed by atoms with E-state index in [0.29, 0.717) is 6.61 Å². The van der Waals surface area contributed by atoms with Crippen molar-refractivity contribution in [2.75, 3.05) is 0 Å². The summed E-state index contributed by atoms with van der Waals surface area (Å²) in [5, 5.41) is 0. The third-order valence-corrected chi connectivity index (χ3v) is 4.06. The van der Waals surface area contributed by atoms with E-state index in [1.165, 1.54) is 11.1 Å². The van der Waals surface area contributed by atoms with Gasteiger partial charge < -0.3 is 4.74 Å². The van der Waals surface area contributed by atoms with Crippen LogP contribution in [0.1, 0.15) is 22.3 Å². The fourth-order valence-corrected chi connectivity index (χ4v) is 2.41. The van der Waals surface area contributed by atoms with Crippen LogP contribution in [0.5, 0.6) is 5.75 Å². The van der Waals surface area contributed by atoms with Crippen molar-refractivity contribution in [2.24, 2.45) is 4.99 Å². The zero-order valence-electron chi connectivity index (χ0n) is 14.1. The summed E-state index contributed by atoms with van der Waals surface area (Å²) in [7, 11) is 0. The minimum atomic E-state index is 0.580. The largest absolute Gasteiger partial charge is 0.489 e. The normalized spacial score (nSPS) is 10.9. The van der Waals surface area contributed by atoms with Crippen LogP contribution >= 0.6 is 0 Å². The first-order valence-electron chi connectivity index (χ1n) is 8.09. The molecule has 0 saturated heterocycles. The number of hydrogen-bond acceptors (Lipinski definition) is 2. The Labute approximate surface area is 143 Å². The Kier molecular flexibility index (Phi) is 5.07. The molecule has 0 aliphatic carbocycles. The second-order valence-corrected chi connectivity index (χ2v) is 5.82. The van der Waals surface area contributed by atoms with Gasteiger partial charge in [-0.1, -0.05) is 42.5 Å². The van der Waals surface area contributed by atoms with Crippen molar-refractivity contribution in [1.82, 2.24) is 0 Å². The summed E-state index contributed by atoms with van der Waals surface area (Å²) in [4.78, 5) is 4.59. The highest BCUT2D eigenvalue weighted by Gasteiger charge is 1.99. The Morgan fingerprint density at radius 3 is 2.33 bits per heavy atom. The molecule has 0 radical (unpaired) electrons. The lowest BCUT2D eigenvalue weighted by molar-refractivity contribution is 0.306. The highest BCUT2D eigenvalue weighted by Crippen LogP contribution is 2.21. The quantitative estimate of drug-likeness (QED) is 0.559. The fraction of sp³-hybridized carbons (Fsp3) is 0.136. The van der Waals surface area contributed by atoms with E-state index in [0.717, 1.165) is 22.6 Å². The maximum atomic E-state index is 5.80. The van der Waals surface area contributed by atoms with E-state index in [2.05, 4.69) is 37.0 Å². The summed E-state index contributed by atoms with van der Waals surface area (Å²) in [5.74, 6) is 0.864. The van der Waals surface area contributed by atoms with Gasteiger partial charge in [-0.05, 0) is 66.4 Å². The molecule has 0 N–H and O–H groups in total. The van der Waals surface area contributed by atoms with Crippen LogP contribution in [-0.4, -0.2) is 6.21 Å². The average Bonchev–Trinajstić information content (AvgIpc) is 2.63. The molecule has 2 nitrogen and oxygen atoms in total. The zero-order valence-corrected chi connectivity index (χ0v) is 14.1. The number of ether oxygens (including phenoxy) is 1. The van der Waals surface area contributed by atoms with Gasteiger partial charge in [0.2, 0.25) is 0 Å². The lowest BCUT2D eigenvalue weighted by atomic mass is 10.1. The summed E-state index contributed by atoms with van der Waals surface area (Å²) >= 11 is 0. The highest BCUT2D eigenvalue weighted by atomic mass is 16.5. The smallest absolute Gasteiger partial charge is 0.119 e. The first-order chi connectivity index (χ1) is 11.7. The molecule has 3 aromatic carbocycles. The van der Waals surface area contributed by atoms with E-state index in [-0.39, 0.29) is 0 Å². The number of rotatable bonds is 5. The second-order valence-electron chi connectivity index (χ2n) is 5.82. The molecule has 24 heavy (non-hydrogen) atoms. The maximum Gasteiger partial charge on any atom is 0.119 e. The Morgan fingerprint density at radius 2 is 1.58 bits per heavy atom. The van der Waals surface area contributed by atoms with E-state index in [1.807, 2.05) is 60.8 Å². The zero-order chi connectivity index (χ0) is 16.8. The number of aliphatic imine (C=N–C) groups is 1. The van der Waals surface area contributed by atoms with Crippen molar-refractivity contribution in [2.45, 2.75) is 20.5 Å². The van der Waals surface area contributed by atoms with Crippen molar-refractivity contribution < 1.29 is 4.74 Å². The van der Waals surface area contributed by atoms with Crippen LogP contribution in [0.2, 0.25) is 0 Å². The van der Waals surface area contributed by atoms with Crippen LogP contribution in [0.3, 0.4) is 0 Å². The molecule has 3 rings (SSSR count). The van der Waals surface area contributed by atoms with Gasteiger partial charge in [0, 0.05) is 6.21 Å². The fourth-order valence-electron chi connectivity index (χ4n) is 2.41. The first kappa shape index (κ1) is 16.0. The summed E-state index contributed by atoms with van der Waals surface area (Å²) < 4.78 is 5.80. The van der Waals surface area contributed by atoms with E-state index < -0.39 is 0 Å². The molecule has 0 saturated carbocycles. The topological polar surface area (TPSA) is 21.6 Å². The van der Waals surface area contributed by atoms with Crippen molar-refractivity contribution in [1.29, 1.82) is 0 Å².